The minimum absolute atomic E-state index is 0.406. The zero-order valence-electron chi connectivity index (χ0n) is 30.4. The van der Waals surface area contributed by atoms with Crippen molar-refractivity contribution in [3.63, 3.8) is 0 Å². The second-order valence-electron chi connectivity index (χ2n) is 15.4. The molecule has 3 aromatic heterocycles. The molecule has 7 aromatic carbocycles. The summed E-state index contributed by atoms with van der Waals surface area (Å²) in [6.45, 7) is 8.32. The molecule has 4 heterocycles. The molecule has 0 atom stereocenters. The molecule has 1 saturated heterocycles. The van der Waals surface area contributed by atoms with Gasteiger partial charge in [0.25, 0.3) is 0 Å². The third-order valence-corrected chi connectivity index (χ3v) is 11.8. The topological polar surface area (TPSA) is 57.9 Å². The smallest absolute Gasteiger partial charge is 0.456 e. The van der Waals surface area contributed by atoms with Crippen LogP contribution in [0.4, 0.5) is 0 Å². The Morgan fingerprint density at radius 2 is 0.815 bits per heavy atom. The molecule has 0 aliphatic carbocycles. The van der Waals surface area contributed by atoms with Gasteiger partial charge in [0.05, 0.1) is 11.2 Å². The molecular weight excluding hydrogens is 667 g/mol. The van der Waals surface area contributed by atoms with E-state index in [2.05, 4.69) is 131 Å². The summed E-state index contributed by atoms with van der Waals surface area (Å²) in [4.78, 5) is 0. The van der Waals surface area contributed by atoms with E-state index in [1.54, 1.807) is 0 Å². The molecule has 5 nitrogen and oxygen atoms in total. The number of rotatable bonds is 4. The summed E-state index contributed by atoms with van der Waals surface area (Å²) < 4.78 is 32.6. The first-order chi connectivity index (χ1) is 26.3. The Labute approximate surface area is 311 Å². The molecule has 0 unspecified atom stereocenters. The van der Waals surface area contributed by atoms with Gasteiger partial charge in [-0.15, -0.1) is 0 Å². The van der Waals surface area contributed by atoms with Gasteiger partial charge in [0.15, 0.2) is 0 Å². The summed E-state index contributed by atoms with van der Waals surface area (Å²) in [6, 6.07) is 48.5. The van der Waals surface area contributed by atoms with E-state index in [0.29, 0.717) is 0 Å². The summed E-state index contributed by atoms with van der Waals surface area (Å²) >= 11 is 0. The van der Waals surface area contributed by atoms with Crippen LogP contribution in [0.2, 0.25) is 0 Å². The Balaban J connectivity index is 1.12. The fourth-order valence-electron chi connectivity index (χ4n) is 8.34. The lowest BCUT2D eigenvalue weighted by Crippen LogP contribution is -2.41. The molecule has 1 fully saturated rings. The molecule has 6 heteroatoms. The third-order valence-electron chi connectivity index (χ3n) is 11.8. The lowest BCUT2D eigenvalue weighted by Gasteiger charge is -2.32. The van der Waals surface area contributed by atoms with Crippen molar-refractivity contribution in [2.75, 3.05) is 0 Å². The van der Waals surface area contributed by atoms with Gasteiger partial charge >= 0.3 is 7.12 Å². The van der Waals surface area contributed by atoms with Crippen molar-refractivity contribution < 1.29 is 22.6 Å². The highest BCUT2D eigenvalue weighted by Gasteiger charge is 2.51. The van der Waals surface area contributed by atoms with Crippen LogP contribution < -0.4 is 5.46 Å². The predicted molar refractivity (Wildman–Crippen MR) is 220 cm³/mol. The van der Waals surface area contributed by atoms with E-state index in [9.17, 15) is 0 Å². The summed E-state index contributed by atoms with van der Waals surface area (Å²) in [5.41, 5.74) is 11.6. The lowest BCUT2D eigenvalue weighted by atomic mass is 9.78. The second kappa shape index (κ2) is 11.2. The van der Waals surface area contributed by atoms with Crippen molar-refractivity contribution in [1.82, 2.24) is 0 Å². The molecular formula is C48H35BO5. The Kier molecular flexibility index (Phi) is 6.53. The van der Waals surface area contributed by atoms with Gasteiger partial charge in [-0.25, -0.2) is 0 Å². The highest BCUT2D eigenvalue weighted by atomic mass is 16.7. The Hall–Kier alpha value is -6.08. The fraction of sp³-hybridized carbons (Fsp3) is 0.125. The lowest BCUT2D eigenvalue weighted by molar-refractivity contribution is 0.00578. The molecule has 0 amide bonds. The molecule has 0 radical (unpaired) electrons. The summed E-state index contributed by atoms with van der Waals surface area (Å²) in [6.07, 6.45) is 0. The molecule has 0 N–H and O–H groups in total. The first-order valence-corrected chi connectivity index (χ1v) is 18.5. The second-order valence-corrected chi connectivity index (χ2v) is 15.4. The van der Waals surface area contributed by atoms with Gasteiger partial charge in [0.1, 0.15) is 33.5 Å². The van der Waals surface area contributed by atoms with E-state index < -0.39 is 18.3 Å². The minimum atomic E-state index is -0.425. The van der Waals surface area contributed by atoms with Gasteiger partial charge in [-0.2, -0.15) is 0 Å². The number of hydrogen-bond acceptors (Lipinski definition) is 5. The summed E-state index contributed by atoms with van der Waals surface area (Å²) in [5.74, 6) is 0. The third kappa shape index (κ3) is 4.47. The maximum Gasteiger partial charge on any atom is 0.494 e. The molecule has 260 valence electrons. The zero-order chi connectivity index (χ0) is 36.3. The van der Waals surface area contributed by atoms with Crippen LogP contribution >= 0.6 is 0 Å². The van der Waals surface area contributed by atoms with Gasteiger partial charge in [-0.1, -0.05) is 103 Å². The normalized spacial score (nSPS) is 15.5. The van der Waals surface area contributed by atoms with Crippen LogP contribution in [0.3, 0.4) is 0 Å². The van der Waals surface area contributed by atoms with Crippen molar-refractivity contribution >= 4 is 78.4 Å². The van der Waals surface area contributed by atoms with Crippen molar-refractivity contribution in [1.29, 1.82) is 0 Å². The number of para-hydroxylation sites is 3. The highest BCUT2D eigenvalue weighted by Crippen LogP contribution is 2.48. The summed E-state index contributed by atoms with van der Waals surface area (Å²) in [5, 5.41) is 6.45. The monoisotopic (exact) mass is 702 g/mol. The van der Waals surface area contributed by atoms with Crippen molar-refractivity contribution in [2.24, 2.45) is 0 Å². The van der Waals surface area contributed by atoms with E-state index in [1.807, 2.05) is 36.4 Å². The minimum Gasteiger partial charge on any atom is -0.456 e. The van der Waals surface area contributed by atoms with Crippen LogP contribution in [0.5, 0.6) is 0 Å². The molecule has 1 aliphatic rings. The van der Waals surface area contributed by atoms with Crippen molar-refractivity contribution in [3.05, 3.63) is 140 Å². The Morgan fingerprint density at radius 1 is 0.370 bits per heavy atom. The average molecular weight is 703 g/mol. The van der Waals surface area contributed by atoms with Crippen molar-refractivity contribution in [2.45, 2.75) is 38.9 Å². The Bertz CT molecular complexity index is 3110. The molecule has 11 rings (SSSR count). The number of benzene rings is 7. The number of furan rings is 3. The molecule has 0 bridgehead atoms. The first-order valence-electron chi connectivity index (χ1n) is 18.5. The maximum absolute atomic E-state index is 6.85. The molecule has 0 spiro atoms. The van der Waals surface area contributed by atoms with Gasteiger partial charge in [-0.3, -0.25) is 0 Å². The average Bonchev–Trinajstić information content (AvgIpc) is 3.93. The van der Waals surface area contributed by atoms with E-state index in [-0.39, 0.29) is 0 Å². The van der Waals surface area contributed by atoms with E-state index in [4.69, 9.17) is 22.6 Å². The van der Waals surface area contributed by atoms with E-state index in [0.717, 1.165) is 105 Å². The van der Waals surface area contributed by atoms with Crippen molar-refractivity contribution in [3.8, 4) is 33.4 Å². The molecule has 1 aliphatic heterocycles. The zero-order valence-corrected chi connectivity index (χ0v) is 30.4. The van der Waals surface area contributed by atoms with Gasteiger partial charge in [-0.05, 0) is 91.8 Å². The van der Waals surface area contributed by atoms with Gasteiger partial charge in [0.2, 0.25) is 0 Å². The van der Waals surface area contributed by atoms with Crippen LogP contribution in [0, 0.1) is 0 Å². The Morgan fingerprint density at radius 3 is 1.43 bits per heavy atom. The first kappa shape index (κ1) is 31.5. The number of hydrogen-bond donors (Lipinski definition) is 0. The van der Waals surface area contributed by atoms with Crippen LogP contribution in [-0.4, -0.2) is 18.3 Å². The van der Waals surface area contributed by atoms with Crippen LogP contribution in [0.15, 0.2) is 153 Å². The molecule has 54 heavy (non-hydrogen) atoms. The quantitative estimate of drug-likeness (QED) is 0.171. The van der Waals surface area contributed by atoms with E-state index >= 15 is 0 Å². The summed E-state index contributed by atoms with van der Waals surface area (Å²) in [7, 11) is -0.425. The van der Waals surface area contributed by atoms with Crippen LogP contribution in [0.1, 0.15) is 27.7 Å². The van der Waals surface area contributed by atoms with Gasteiger partial charge < -0.3 is 22.6 Å². The SMILES string of the molecule is CC1(C)OB(c2ccc(-c3ccc(-c4ccc(-c5cccc6oc7ccccc7c56)c5c4oc4ccccc45)c4c3oc3ccccc34)cc2)OC1(C)C. The molecule has 0 saturated carbocycles. The van der Waals surface area contributed by atoms with E-state index in [1.165, 1.54) is 0 Å². The standard InChI is InChI=1S/C48H35BO5/c1-47(2)48(3,4)54-49(53-47)29-22-20-28(21-23-29)30-24-25-33(44-37-14-7-9-17-39(37)51-45(30)44)34-27-26-32(43-36-13-6-10-18-40(36)52-46(34)43)31-15-11-19-41-42(31)35-12-5-8-16-38(35)50-41/h5-27H,1-4H3. The predicted octanol–water partition coefficient (Wildman–Crippen LogP) is 12.7. The largest absolute Gasteiger partial charge is 0.494 e. The molecule has 10 aromatic rings. The maximum atomic E-state index is 6.85. The number of fused-ring (bicyclic) bond motifs is 9. The van der Waals surface area contributed by atoms with Crippen LogP contribution in [0.25, 0.3) is 99.2 Å². The van der Waals surface area contributed by atoms with Crippen LogP contribution in [-0.2, 0) is 9.31 Å². The fourth-order valence-corrected chi connectivity index (χ4v) is 8.34. The highest BCUT2D eigenvalue weighted by molar-refractivity contribution is 6.62. The van der Waals surface area contributed by atoms with Gasteiger partial charge in [0, 0.05) is 43.4 Å².